The van der Waals surface area contributed by atoms with E-state index in [1.54, 1.807) is 0 Å². The van der Waals surface area contributed by atoms with Crippen LogP contribution in [0.5, 0.6) is 0 Å². The van der Waals surface area contributed by atoms with Gasteiger partial charge in [0.15, 0.2) is 5.76 Å². The molecule has 0 spiro atoms. The molecule has 0 atom stereocenters. The minimum atomic E-state index is 0.838. The molecule has 0 saturated carbocycles. The van der Waals surface area contributed by atoms with E-state index in [2.05, 4.69) is 31.2 Å². The van der Waals surface area contributed by atoms with Crippen LogP contribution in [0.25, 0.3) is 0 Å². The van der Waals surface area contributed by atoms with Crippen LogP contribution in [0.15, 0.2) is 10.6 Å². The highest BCUT2D eigenvalue weighted by molar-refractivity contribution is 7.09. The van der Waals surface area contributed by atoms with Gasteiger partial charge in [-0.05, 0) is 6.92 Å². The first-order valence-corrected chi connectivity index (χ1v) is 7.74. The molecule has 1 aliphatic rings. The van der Waals surface area contributed by atoms with Crippen LogP contribution in [0.3, 0.4) is 0 Å². The second-order valence-electron chi connectivity index (χ2n) is 5.04. The lowest BCUT2D eigenvalue weighted by Gasteiger charge is -2.33. The Morgan fingerprint density at radius 3 is 2.70 bits per heavy atom. The largest absolute Gasteiger partial charge is 0.360 e. The second-order valence-corrected chi connectivity index (χ2v) is 5.77. The first-order chi connectivity index (χ1) is 9.74. The lowest BCUT2D eigenvalue weighted by molar-refractivity contribution is 0.219. The van der Waals surface area contributed by atoms with E-state index in [-0.39, 0.29) is 0 Å². The SMILES string of the molecule is CCc1nsc(N2CCN(Cc3cc(C)no3)CC2)n1. The number of hydrogen-bond acceptors (Lipinski definition) is 7. The van der Waals surface area contributed by atoms with Crippen LogP contribution in [0, 0.1) is 6.92 Å². The van der Waals surface area contributed by atoms with E-state index in [0.717, 1.165) is 61.6 Å². The lowest BCUT2D eigenvalue weighted by atomic mass is 10.3. The summed E-state index contributed by atoms with van der Waals surface area (Å²) in [4.78, 5) is 9.26. The highest BCUT2D eigenvalue weighted by Crippen LogP contribution is 2.20. The van der Waals surface area contributed by atoms with Gasteiger partial charge >= 0.3 is 0 Å². The molecule has 0 N–H and O–H groups in total. The predicted molar refractivity (Wildman–Crippen MR) is 78.0 cm³/mol. The van der Waals surface area contributed by atoms with Crippen molar-refractivity contribution in [2.75, 3.05) is 31.1 Å². The number of piperazine rings is 1. The average molecular weight is 293 g/mol. The van der Waals surface area contributed by atoms with Gasteiger partial charge in [0.05, 0.1) is 12.2 Å². The zero-order valence-corrected chi connectivity index (χ0v) is 12.7. The minimum Gasteiger partial charge on any atom is -0.360 e. The standard InChI is InChI=1S/C13H19N5OS/c1-3-12-14-13(20-16-12)18-6-4-17(5-7-18)9-11-8-10(2)15-19-11/h8H,3-7,9H2,1-2H3. The Bertz CT molecular complexity index is 559. The van der Waals surface area contributed by atoms with Gasteiger partial charge in [0.1, 0.15) is 5.82 Å². The summed E-state index contributed by atoms with van der Waals surface area (Å²) < 4.78 is 9.62. The van der Waals surface area contributed by atoms with Gasteiger partial charge in [-0.2, -0.15) is 4.37 Å². The summed E-state index contributed by atoms with van der Waals surface area (Å²) in [5, 5.41) is 4.98. The van der Waals surface area contributed by atoms with E-state index >= 15 is 0 Å². The molecule has 6 nitrogen and oxygen atoms in total. The fourth-order valence-corrected chi connectivity index (χ4v) is 3.13. The van der Waals surface area contributed by atoms with Crippen molar-refractivity contribution in [1.82, 2.24) is 19.4 Å². The summed E-state index contributed by atoms with van der Waals surface area (Å²) >= 11 is 1.51. The second kappa shape index (κ2) is 5.88. The van der Waals surface area contributed by atoms with Gasteiger partial charge in [-0.15, -0.1) is 0 Å². The predicted octanol–water partition coefficient (Wildman–Crippen LogP) is 1.72. The van der Waals surface area contributed by atoms with E-state index in [9.17, 15) is 0 Å². The maximum atomic E-state index is 5.27. The third-order valence-electron chi connectivity index (χ3n) is 3.47. The molecule has 0 radical (unpaired) electrons. The van der Waals surface area contributed by atoms with E-state index in [0.29, 0.717) is 0 Å². The quantitative estimate of drug-likeness (QED) is 0.855. The molecule has 0 aliphatic carbocycles. The Morgan fingerprint density at radius 2 is 2.10 bits per heavy atom. The Morgan fingerprint density at radius 1 is 1.30 bits per heavy atom. The Hall–Kier alpha value is -1.47. The molecule has 0 unspecified atom stereocenters. The molecule has 3 rings (SSSR count). The lowest BCUT2D eigenvalue weighted by Crippen LogP contribution is -2.45. The van der Waals surface area contributed by atoms with E-state index in [1.165, 1.54) is 11.5 Å². The molecule has 1 fully saturated rings. The normalized spacial score (nSPS) is 16.8. The van der Waals surface area contributed by atoms with Gasteiger partial charge < -0.3 is 9.42 Å². The van der Waals surface area contributed by atoms with E-state index in [1.807, 2.05) is 13.0 Å². The summed E-state index contributed by atoms with van der Waals surface area (Å²) in [5.41, 5.74) is 0.944. The van der Waals surface area contributed by atoms with Crippen LogP contribution in [0.2, 0.25) is 0 Å². The molecule has 20 heavy (non-hydrogen) atoms. The van der Waals surface area contributed by atoms with Crippen molar-refractivity contribution in [3.05, 3.63) is 23.3 Å². The monoisotopic (exact) mass is 293 g/mol. The van der Waals surface area contributed by atoms with Gasteiger partial charge in [-0.1, -0.05) is 12.1 Å². The smallest absolute Gasteiger partial charge is 0.205 e. The Kier molecular flexibility index (Phi) is 3.98. The van der Waals surface area contributed by atoms with Gasteiger partial charge in [0.25, 0.3) is 0 Å². The van der Waals surface area contributed by atoms with Crippen LogP contribution < -0.4 is 4.90 Å². The molecule has 1 aliphatic heterocycles. The molecule has 3 heterocycles. The minimum absolute atomic E-state index is 0.838. The highest BCUT2D eigenvalue weighted by atomic mass is 32.1. The van der Waals surface area contributed by atoms with Crippen molar-refractivity contribution in [1.29, 1.82) is 0 Å². The molecule has 0 aromatic carbocycles. The molecular formula is C13H19N5OS. The molecular weight excluding hydrogens is 274 g/mol. The molecule has 108 valence electrons. The van der Waals surface area contributed by atoms with Crippen LogP contribution in [0.1, 0.15) is 24.2 Å². The molecule has 2 aromatic heterocycles. The van der Waals surface area contributed by atoms with Gasteiger partial charge in [-0.25, -0.2) is 4.98 Å². The summed E-state index contributed by atoms with van der Waals surface area (Å²) in [6, 6.07) is 2.00. The first-order valence-electron chi connectivity index (χ1n) is 6.96. The number of aryl methyl sites for hydroxylation is 2. The fourth-order valence-electron chi connectivity index (χ4n) is 2.33. The molecule has 7 heteroatoms. The Balaban J connectivity index is 1.54. The van der Waals surface area contributed by atoms with Gasteiger partial charge in [0.2, 0.25) is 5.13 Å². The van der Waals surface area contributed by atoms with Crippen molar-refractivity contribution in [2.45, 2.75) is 26.8 Å². The summed E-state index contributed by atoms with van der Waals surface area (Å²) in [6.45, 7) is 8.89. The molecule has 1 saturated heterocycles. The third kappa shape index (κ3) is 2.99. The molecule has 2 aromatic rings. The van der Waals surface area contributed by atoms with Crippen LogP contribution in [0.4, 0.5) is 5.13 Å². The first kappa shape index (κ1) is 13.5. The highest BCUT2D eigenvalue weighted by Gasteiger charge is 2.20. The zero-order valence-electron chi connectivity index (χ0n) is 11.9. The van der Waals surface area contributed by atoms with Crippen LogP contribution >= 0.6 is 11.5 Å². The number of hydrogen-bond donors (Lipinski definition) is 0. The zero-order chi connectivity index (χ0) is 13.9. The number of anilines is 1. The van der Waals surface area contributed by atoms with Crippen molar-refractivity contribution < 1.29 is 4.52 Å². The average Bonchev–Trinajstić information content (AvgIpc) is 3.09. The third-order valence-corrected chi connectivity index (χ3v) is 4.29. The number of nitrogens with zero attached hydrogens (tertiary/aromatic N) is 5. The van der Waals surface area contributed by atoms with Crippen molar-refractivity contribution in [3.8, 4) is 0 Å². The number of aromatic nitrogens is 3. The van der Waals surface area contributed by atoms with Crippen LogP contribution in [-0.4, -0.2) is 45.6 Å². The van der Waals surface area contributed by atoms with Gasteiger partial charge in [-0.3, -0.25) is 4.90 Å². The van der Waals surface area contributed by atoms with E-state index in [4.69, 9.17) is 4.52 Å². The van der Waals surface area contributed by atoms with Crippen LogP contribution in [-0.2, 0) is 13.0 Å². The van der Waals surface area contributed by atoms with Crippen molar-refractivity contribution in [3.63, 3.8) is 0 Å². The number of rotatable bonds is 4. The van der Waals surface area contributed by atoms with E-state index < -0.39 is 0 Å². The fraction of sp³-hybridized carbons (Fsp3) is 0.615. The topological polar surface area (TPSA) is 58.3 Å². The van der Waals surface area contributed by atoms with Gasteiger partial charge in [0, 0.05) is 50.2 Å². The summed E-state index contributed by atoms with van der Waals surface area (Å²) in [5.74, 6) is 1.89. The molecule has 0 bridgehead atoms. The maximum absolute atomic E-state index is 5.27. The molecule has 0 amide bonds. The van der Waals surface area contributed by atoms with Crippen molar-refractivity contribution >= 4 is 16.7 Å². The Labute approximate surface area is 122 Å². The van der Waals surface area contributed by atoms with Crippen molar-refractivity contribution in [2.24, 2.45) is 0 Å². The summed E-state index contributed by atoms with van der Waals surface area (Å²) in [7, 11) is 0. The maximum Gasteiger partial charge on any atom is 0.205 e. The summed E-state index contributed by atoms with van der Waals surface area (Å²) in [6.07, 6.45) is 0.904.